The molecule has 6 fully saturated rings. The van der Waals surface area contributed by atoms with E-state index >= 15 is 0 Å². The first-order chi connectivity index (χ1) is 32.4. The van der Waals surface area contributed by atoms with Gasteiger partial charge in [-0.25, -0.2) is 18.6 Å². The molecule has 10 rings (SSSR count). The summed E-state index contributed by atoms with van der Waals surface area (Å²) in [4.78, 5) is 43.0. The predicted octanol–water partition coefficient (Wildman–Crippen LogP) is 9.15. The molecule has 12 atom stereocenters. The fraction of sp³-hybridized carbons (Fsp3) is 0.630. The summed E-state index contributed by atoms with van der Waals surface area (Å²) in [5.41, 5.74) is -2.35. The third-order valence-electron chi connectivity index (χ3n) is 15.4. The van der Waals surface area contributed by atoms with Crippen LogP contribution in [0.25, 0.3) is 0 Å². The number of carbonyl (C=O) groups is 3. The molecule has 2 amide bonds. The third kappa shape index (κ3) is 9.71. The number of aliphatic hydroxyl groups excluding tert-OH is 1. The Morgan fingerprint density at radius 1 is 0.779 bits per heavy atom. The van der Waals surface area contributed by atoms with Crippen molar-refractivity contribution in [1.82, 2.24) is 9.80 Å². The standard InChI is InChI=1S/C27H37NO5.C21H27NO5.C6H9.ClH.Zn/c1-25(2,3)24-28-23(30)20-15-21(31-16-18-11-7-5-8-12-18)33-26(20,4)27(28,17-32-24)22(29)19-13-9-6-10-14-19;1-19(2,3)18-22-17(24)15-10-16(25-11-14-8-6-5-7-9-14)27-20(15,4)21(22,12-23)13-26-18;1-2-4-6-5-3-1;;/h5,7-9,11-13,19-22,24,29H,6,10,14-17H2,1-4H3;5-9,12,15-16,18H,10-11,13H2,1-4H3;1-3H,4-6H2;1H;/q;;-1;;+2/p-1/t19-,20-,21-,22+,24-,26-,27+;15-,16-,18-,20-,21-;;;/m00.../s1. The van der Waals surface area contributed by atoms with Gasteiger partial charge in [0.25, 0.3) is 0 Å². The van der Waals surface area contributed by atoms with Gasteiger partial charge in [-0.1, -0.05) is 121 Å². The summed E-state index contributed by atoms with van der Waals surface area (Å²) < 4.78 is 37.1. The van der Waals surface area contributed by atoms with Gasteiger partial charge in [0.15, 0.2) is 24.4 Å². The van der Waals surface area contributed by atoms with Crippen LogP contribution in [0.1, 0.15) is 118 Å². The molecule has 0 spiro atoms. The molecule has 2 aliphatic carbocycles. The summed E-state index contributed by atoms with van der Waals surface area (Å²) in [6, 6.07) is 19.8. The van der Waals surface area contributed by atoms with Crippen molar-refractivity contribution in [3.63, 3.8) is 0 Å². The Labute approximate surface area is 418 Å². The van der Waals surface area contributed by atoms with Crippen LogP contribution >= 0.6 is 9.69 Å². The molecule has 14 heteroatoms. The molecule has 6 heterocycles. The van der Waals surface area contributed by atoms with Crippen molar-refractivity contribution in [3.8, 4) is 0 Å². The minimum atomic E-state index is -1.10. The van der Waals surface area contributed by atoms with E-state index in [1.807, 2.05) is 100 Å². The monoisotopic (exact) mass is 1010 g/mol. The number of aldehydes is 1. The number of rotatable bonds is 9. The molecule has 0 aromatic heterocycles. The maximum atomic E-state index is 13.9. The molecule has 12 nitrogen and oxygen atoms in total. The summed E-state index contributed by atoms with van der Waals surface area (Å²) in [5.74, 6) is -0.862. The van der Waals surface area contributed by atoms with Gasteiger partial charge in [0.1, 0.15) is 29.2 Å². The van der Waals surface area contributed by atoms with Gasteiger partial charge in [-0.05, 0) is 44.2 Å². The Hall–Kier alpha value is -2.97. The molecule has 6 saturated heterocycles. The summed E-state index contributed by atoms with van der Waals surface area (Å²) in [5, 5.41) is 11.9. The van der Waals surface area contributed by atoms with Crippen LogP contribution in [-0.2, 0) is 73.3 Å². The van der Waals surface area contributed by atoms with Crippen molar-refractivity contribution in [2.75, 3.05) is 13.2 Å². The molecule has 0 bridgehead atoms. The Morgan fingerprint density at radius 3 is 1.76 bits per heavy atom. The van der Waals surface area contributed by atoms with Crippen LogP contribution in [0, 0.1) is 35.0 Å². The Balaban J connectivity index is 0.000000176. The first kappa shape index (κ1) is 52.8. The number of amides is 2. The van der Waals surface area contributed by atoms with E-state index in [0.717, 1.165) is 54.0 Å². The number of aliphatic hydroxyl groups is 1. The van der Waals surface area contributed by atoms with Crippen molar-refractivity contribution in [1.29, 1.82) is 0 Å². The van der Waals surface area contributed by atoms with E-state index in [2.05, 4.69) is 51.5 Å². The zero-order valence-corrected chi connectivity index (χ0v) is 45.2. The van der Waals surface area contributed by atoms with Gasteiger partial charge in [-0.3, -0.25) is 14.5 Å². The molecule has 2 aromatic rings. The molecule has 6 aliphatic heterocycles. The predicted molar refractivity (Wildman–Crippen MR) is 254 cm³/mol. The van der Waals surface area contributed by atoms with Gasteiger partial charge >= 0.3 is 27.0 Å². The van der Waals surface area contributed by atoms with Crippen molar-refractivity contribution >= 4 is 27.8 Å². The van der Waals surface area contributed by atoms with E-state index < -0.39 is 59.3 Å². The van der Waals surface area contributed by atoms with Crippen LogP contribution in [0.5, 0.6) is 0 Å². The van der Waals surface area contributed by atoms with E-state index in [-0.39, 0.29) is 47.7 Å². The van der Waals surface area contributed by atoms with Crippen molar-refractivity contribution in [2.45, 2.75) is 173 Å². The van der Waals surface area contributed by atoms with Gasteiger partial charge < -0.3 is 43.2 Å². The summed E-state index contributed by atoms with van der Waals surface area (Å²) >= 11 is 0.847. The molecule has 2 aromatic carbocycles. The van der Waals surface area contributed by atoms with Gasteiger partial charge in [-0.2, -0.15) is 0 Å². The van der Waals surface area contributed by atoms with Crippen LogP contribution < -0.4 is 0 Å². The van der Waals surface area contributed by atoms with Crippen molar-refractivity contribution in [3.05, 3.63) is 103 Å². The number of allylic oxidation sites excluding steroid dienone is 3. The number of carbonyl (C=O) groups excluding carboxylic acids is 3. The van der Waals surface area contributed by atoms with E-state index in [9.17, 15) is 19.5 Å². The molecular formula is C54H73ClN2O10Zn. The Bertz CT molecular complexity index is 2090. The molecule has 0 radical (unpaired) electrons. The van der Waals surface area contributed by atoms with Crippen LogP contribution in [0.3, 0.4) is 0 Å². The number of halogens is 1. The van der Waals surface area contributed by atoms with Crippen LogP contribution in [0.15, 0.2) is 85.0 Å². The minimum absolute atomic E-state index is 0.0135. The average molecular weight is 1010 g/mol. The first-order valence-electron chi connectivity index (χ1n) is 24.5. The molecule has 368 valence electrons. The Kier molecular flexibility index (Phi) is 16.6. The zero-order chi connectivity index (χ0) is 49.1. The summed E-state index contributed by atoms with van der Waals surface area (Å²) in [6.07, 6.45) is 16.9. The number of hydrogen-bond donors (Lipinski definition) is 1. The van der Waals surface area contributed by atoms with Crippen LogP contribution in [0.4, 0.5) is 0 Å². The topological polar surface area (TPSA) is 133 Å². The van der Waals surface area contributed by atoms with Gasteiger partial charge in [-0.15, -0.1) is 12.8 Å². The molecule has 0 unspecified atom stereocenters. The molecular weight excluding hydrogens is 937 g/mol. The number of hydrogen-bond acceptors (Lipinski definition) is 10. The van der Waals surface area contributed by atoms with E-state index in [4.69, 9.17) is 38.1 Å². The number of nitrogens with zero attached hydrogens (tertiary/aromatic N) is 2. The molecule has 8 aliphatic rings. The zero-order valence-electron chi connectivity index (χ0n) is 41.4. The van der Waals surface area contributed by atoms with E-state index in [1.54, 1.807) is 4.90 Å². The average Bonchev–Trinajstić information content (AvgIpc) is 4.17. The first-order valence-corrected chi connectivity index (χ1v) is 28.4. The van der Waals surface area contributed by atoms with E-state index in [1.165, 1.54) is 19.3 Å². The quantitative estimate of drug-likeness (QED) is 0.112. The molecule has 1 N–H and O–H groups in total. The third-order valence-corrected chi connectivity index (χ3v) is 15.4. The van der Waals surface area contributed by atoms with Crippen LogP contribution in [0.2, 0.25) is 0 Å². The summed E-state index contributed by atoms with van der Waals surface area (Å²) in [6.45, 7) is 17.4. The van der Waals surface area contributed by atoms with Crippen molar-refractivity contribution < 1.29 is 65.2 Å². The van der Waals surface area contributed by atoms with Crippen molar-refractivity contribution in [2.24, 2.45) is 28.6 Å². The second-order valence-corrected chi connectivity index (χ2v) is 22.0. The molecule has 0 saturated carbocycles. The SMILES string of the molecule is C1=CCCC[CH-]1.CC(C)(C)[C@@H]1OC[C@]2(C=O)N1C(=O)[C@@H]1C[C@@H](OCc3ccccc3)O[C@@]12C.CC(C)(C)[C@@H]1OC[C@]2([C@H](O)[C@H]3C=CCCC3)N1C(=O)[C@@H]1C[C@@H](OCc3ccccc3)O[C@@]12C.[Cl][Zn+]. The fourth-order valence-corrected chi connectivity index (χ4v) is 11.8. The maximum absolute atomic E-state index is 13.9. The van der Waals surface area contributed by atoms with Gasteiger partial charge in [0, 0.05) is 29.6 Å². The number of benzene rings is 2. The summed E-state index contributed by atoms with van der Waals surface area (Å²) in [7, 11) is 4.76. The Morgan fingerprint density at radius 2 is 1.29 bits per heavy atom. The number of ether oxygens (including phenoxy) is 6. The van der Waals surface area contributed by atoms with Crippen LogP contribution in [-0.4, -0.2) is 99.6 Å². The number of fused-ring (bicyclic) bond motifs is 6. The fourth-order valence-electron chi connectivity index (χ4n) is 11.8. The van der Waals surface area contributed by atoms with E-state index in [0.29, 0.717) is 26.1 Å². The normalized spacial score (nSPS) is 36.0. The van der Waals surface area contributed by atoms with Gasteiger partial charge in [0.05, 0.1) is 44.4 Å². The second kappa shape index (κ2) is 21.4. The second-order valence-electron chi connectivity index (χ2n) is 22.0. The molecule has 68 heavy (non-hydrogen) atoms. The van der Waals surface area contributed by atoms with Gasteiger partial charge in [0.2, 0.25) is 11.8 Å².